The molecule has 0 fully saturated rings. The number of H-pyrrole nitrogens is 1. The van der Waals surface area contributed by atoms with Crippen molar-refractivity contribution >= 4 is 5.97 Å². The average molecular weight is 420 g/mol. The summed E-state index contributed by atoms with van der Waals surface area (Å²) in [6, 6.07) is 3.25. The Hall–Kier alpha value is -3.43. The third kappa shape index (κ3) is 4.42. The van der Waals surface area contributed by atoms with Crippen molar-refractivity contribution in [2.45, 2.75) is 26.9 Å². The van der Waals surface area contributed by atoms with Crippen molar-refractivity contribution in [1.82, 2.24) is 19.9 Å². The lowest BCUT2D eigenvalue weighted by Gasteiger charge is -2.21. The summed E-state index contributed by atoms with van der Waals surface area (Å²) in [6.07, 6.45) is 0.707. The lowest BCUT2D eigenvalue weighted by Crippen LogP contribution is -2.30. The second kappa shape index (κ2) is 7.77. The molecule has 0 aliphatic carbocycles. The van der Waals surface area contributed by atoms with Gasteiger partial charge in [-0.05, 0) is 38.5 Å². The molecule has 0 bridgehead atoms. The molecular formula is C20H19F3N4O3. The third-order valence-electron chi connectivity index (χ3n) is 4.47. The number of pyridine rings is 2. The number of rotatable bonds is 6. The van der Waals surface area contributed by atoms with Crippen LogP contribution in [-0.4, -0.2) is 37.6 Å². The summed E-state index contributed by atoms with van der Waals surface area (Å²) >= 11 is 0. The Bertz CT molecular complexity index is 1080. The summed E-state index contributed by atoms with van der Waals surface area (Å²) in [4.78, 5) is 25.8. The molecule has 0 spiro atoms. The van der Waals surface area contributed by atoms with Gasteiger partial charge in [0.1, 0.15) is 29.6 Å². The number of aliphatic carboxylic acids is 1. The Morgan fingerprint density at radius 2 is 1.93 bits per heavy atom. The summed E-state index contributed by atoms with van der Waals surface area (Å²) in [5.41, 5.74) is -0.00967. The minimum Gasteiger partial charge on any atom is -0.490 e. The van der Waals surface area contributed by atoms with Crippen LogP contribution < -0.4 is 4.74 Å². The first-order chi connectivity index (χ1) is 14.0. The van der Waals surface area contributed by atoms with Crippen molar-refractivity contribution in [3.8, 4) is 28.4 Å². The molecular weight excluding hydrogens is 401 g/mol. The van der Waals surface area contributed by atoms with Crippen LogP contribution in [0.1, 0.15) is 25.1 Å². The molecule has 0 unspecified atom stereocenters. The second-order valence-electron chi connectivity index (χ2n) is 7.38. The van der Waals surface area contributed by atoms with Gasteiger partial charge in [-0.2, -0.15) is 13.2 Å². The smallest absolute Gasteiger partial charge is 0.432 e. The first kappa shape index (κ1) is 21.3. The fourth-order valence-electron chi connectivity index (χ4n) is 2.53. The summed E-state index contributed by atoms with van der Waals surface area (Å²) in [7, 11) is 0. The van der Waals surface area contributed by atoms with Gasteiger partial charge in [0.2, 0.25) is 0 Å². The standard InChI is InChI=1S/C20H19F3N4O3/c1-11-4-5-24-8-13(11)16-14(30-10-19(2,3)18(28)29)6-12(7-25-16)17-26-9-15(27-17)20(21,22)23/h4-9H,10H2,1-3H3,(H,26,27)(H,28,29). The zero-order chi connectivity index (χ0) is 22.1. The highest BCUT2D eigenvalue weighted by atomic mass is 19.4. The van der Waals surface area contributed by atoms with Crippen molar-refractivity contribution in [3.05, 3.63) is 48.2 Å². The first-order valence-corrected chi connectivity index (χ1v) is 8.89. The average Bonchev–Trinajstić information content (AvgIpc) is 3.17. The lowest BCUT2D eigenvalue weighted by atomic mass is 9.95. The number of carboxylic acid groups (broad SMARTS) is 1. The predicted octanol–water partition coefficient (Wildman–Crippen LogP) is 4.35. The van der Waals surface area contributed by atoms with Crippen LogP contribution in [0.4, 0.5) is 13.2 Å². The zero-order valence-electron chi connectivity index (χ0n) is 16.4. The van der Waals surface area contributed by atoms with Crippen LogP contribution in [0.15, 0.2) is 36.9 Å². The maximum absolute atomic E-state index is 12.9. The number of nitrogens with zero attached hydrogens (tertiary/aromatic N) is 3. The van der Waals surface area contributed by atoms with E-state index in [1.54, 1.807) is 18.5 Å². The highest BCUT2D eigenvalue weighted by Crippen LogP contribution is 2.35. The van der Waals surface area contributed by atoms with Crippen LogP contribution in [0, 0.1) is 12.3 Å². The van der Waals surface area contributed by atoms with Crippen molar-refractivity contribution < 1.29 is 27.8 Å². The molecule has 0 aliphatic heterocycles. The van der Waals surface area contributed by atoms with Gasteiger partial charge in [0.25, 0.3) is 0 Å². The third-order valence-corrected chi connectivity index (χ3v) is 4.47. The van der Waals surface area contributed by atoms with E-state index in [1.165, 1.54) is 26.1 Å². The van der Waals surface area contributed by atoms with Crippen molar-refractivity contribution in [3.63, 3.8) is 0 Å². The number of carbonyl (C=O) groups is 1. The molecule has 7 nitrogen and oxygen atoms in total. The molecule has 30 heavy (non-hydrogen) atoms. The molecule has 3 aromatic heterocycles. The summed E-state index contributed by atoms with van der Waals surface area (Å²) in [5.74, 6) is -0.874. The van der Waals surface area contributed by atoms with Crippen LogP contribution in [0.25, 0.3) is 22.6 Å². The number of aryl methyl sites for hydroxylation is 1. The molecule has 0 saturated carbocycles. The SMILES string of the molecule is Cc1ccncc1-c1ncc(-c2ncc(C(F)(F)F)[nH]2)cc1OCC(C)(C)C(=O)O. The monoisotopic (exact) mass is 420 g/mol. The van der Waals surface area contributed by atoms with Crippen LogP contribution >= 0.6 is 0 Å². The summed E-state index contributed by atoms with van der Waals surface area (Å²) in [5, 5.41) is 9.33. The van der Waals surface area contributed by atoms with Gasteiger partial charge in [-0.1, -0.05) is 0 Å². The van der Waals surface area contributed by atoms with Crippen LogP contribution in [0.3, 0.4) is 0 Å². The molecule has 0 radical (unpaired) electrons. The van der Waals surface area contributed by atoms with Crippen molar-refractivity contribution in [1.29, 1.82) is 0 Å². The van der Waals surface area contributed by atoms with Gasteiger partial charge in [-0.25, -0.2) is 4.98 Å². The van der Waals surface area contributed by atoms with E-state index in [2.05, 4.69) is 19.9 Å². The molecule has 158 valence electrons. The molecule has 0 amide bonds. The Labute approximate surface area is 170 Å². The molecule has 3 heterocycles. The first-order valence-electron chi connectivity index (χ1n) is 8.89. The van der Waals surface area contributed by atoms with Crippen LogP contribution in [0.2, 0.25) is 0 Å². The van der Waals surface area contributed by atoms with E-state index in [0.29, 0.717) is 17.5 Å². The molecule has 0 aliphatic rings. The number of alkyl halides is 3. The van der Waals surface area contributed by atoms with E-state index >= 15 is 0 Å². The van der Waals surface area contributed by atoms with Gasteiger partial charge in [0.15, 0.2) is 0 Å². The number of hydrogen-bond donors (Lipinski definition) is 2. The fraction of sp³-hybridized carbons (Fsp3) is 0.300. The molecule has 0 saturated heterocycles. The van der Waals surface area contributed by atoms with E-state index in [4.69, 9.17) is 4.74 Å². The molecule has 10 heteroatoms. The molecule has 0 aromatic carbocycles. The maximum Gasteiger partial charge on any atom is 0.432 e. The number of nitrogens with one attached hydrogen (secondary N) is 1. The largest absolute Gasteiger partial charge is 0.490 e. The Morgan fingerprint density at radius 3 is 2.53 bits per heavy atom. The fourth-order valence-corrected chi connectivity index (χ4v) is 2.53. The maximum atomic E-state index is 12.9. The van der Waals surface area contributed by atoms with Gasteiger partial charge in [-0.3, -0.25) is 14.8 Å². The normalized spacial score (nSPS) is 12.1. The molecule has 0 atom stereocenters. The van der Waals surface area contributed by atoms with Gasteiger partial charge >= 0.3 is 12.1 Å². The Kier molecular flexibility index (Phi) is 5.51. The Balaban J connectivity index is 2.05. The van der Waals surface area contributed by atoms with E-state index in [1.807, 2.05) is 6.92 Å². The molecule has 3 aromatic rings. The van der Waals surface area contributed by atoms with E-state index < -0.39 is 23.3 Å². The van der Waals surface area contributed by atoms with E-state index in [-0.39, 0.29) is 23.7 Å². The summed E-state index contributed by atoms with van der Waals surface area (Å²) < 4.78 is 44.4. The van der Waals surface area contributed by atoms with E-state index in [0.717, 1.165) is 5.56 Å². The number of halogens is 3. The highest BCUT2D eigenvalue weighted by Gasteiger charge is 2.33. The summed E-state index contributed by atoms with van der Waals surface area (Å²) in [6.45, 7) is 4.68. The van der Waals surface area contributed by atoms with Crippen LogP contribution in [-0.2, 0) is 11.0 Å². The van der Waals surface area contributed by atoms with Gasteiger partial charge in [-0.15, -0.1) is 0 Å². The number of imidazole rings is 1. The number of carboxylic acids is 1. The predicted molar refractivity (Wildman–Crippen MR) is 102 cm³/mol. The van der Waals surface area contributed by atoms with Gasteiger partial charge < -0.3 is 14.8 Å². The lowest BCUT2D eigenvalue weighted by molar-refractivity contribution is -0.148. The number of hydrogen-bond acceptors (Lipinski definition) is 5. The molecule has 2 N–H and O–H groups in total. The van der Waals surface area contributed by atoms with Gasteiger partial charge in [0.05, 0.1) is 11.6 Å². The van der Waals surface area contributed by atoms with Gasteiger partial charge in [0, 0.05) is 29.7 Å². The van der Waals surface area contributed by atoms with Crippen LogP contribution in [0.5, 0.6) is 5.75 Å². The quantitative estimate of drug-likeness (QED) is 0.615. The minimum atomic E-state index is -4.56. The topological polar surface area (TPSA) is 101 Å². The van der Waals surface area contributed by atoms with Crippen molar-refractivity contribution in [2.75, 3.05) is 6.61 Å². The molecule has 3 rings (SSSR count). The minimum absolute atomic E-state index is 0.0355. The number of aromatic amines is 1. The van der Waals surface area contributed by atoms with E-state index in [9.17, 15) is 23.1 Å². The van der Waals surface area contributed by atoms with Crippen molar-refractivity contribution in [2.24, 2.45) is 5.41 Å². The highest BCUT2D eigenvalue weighted by molar-refractivity contribution is 5.74. The Morgan fingerprint density at radius 1 is 1.20 bits per heavy atom. The zero-order valence-corrected chi connectivity index (χ0v) is 16.4. The second-order valence-corrected chi connectivity index (χ2v) is 7.38. The number of ether oxygens (including phenoxy) is 1. The number of aromatic nitrogens is 4.